The zero-order valence-corrected chi connectivity index (χ0v) is 12.0. The van der Waals surface area contributed by atoms with Gasteiger partial charge in [-0.2, -0.15) is 0 Å². The van der Waals surface area contributed by atoms with Gasteiger partial charge in [-0.25, -0.2) is 13.9 Å². The normalized spacial score (nSPS) is 10.4. The van der Waals surface area contributed by atoms with Crippen LogP contribution in [0.25, 0.3) is 11.4 Å². The molecule has 6 nitrogen and oxygen atoms in total. The zero-order chi connectivity index (χ0) is 16.4. The summed E-state index contributed by atoms with van der Waals surface area (Å²) in [6, 6.07) is 17.0. The number of carbonyl (C=O) groups excluding carboxylic acids is 1. The van der Waals surface area contributed by atoms with Gasteiger partial charge in [0.2, 0.25) is 0 Å². The monoisotopic (exact) mass is 307 g/mol. The molecule has 0 aliphatic rings. The fourth-order valence-electron chi connectivity index (χ4n) is 2.38. The highest BCUT2D eigenvalue weighted by Gasteiger charge is 2.18. The van der Waals surface area contributed by atoms with Gasteiger partial charge < -0.3 is 5.73 Å². The standard InChI is InChI=1S/C17H13N3O3/c18-15-14(11-21)16(22)20(13-9-5-2-6-10-13)17(23)19(15)12-7-3-1-4-8-12/h1-11H,18H2. The summed E-state index contributed by atoms with van der Waals surface area (Å²) < 4.78 is 2.09. The number of nitrogens with zero attached hydrogens (tertiary/aromatic N) is 2. The predicted molar refractivity (Wildman–Crippen MR) is 87.4 cm³/mol. The van der Waals surface area contributed by atoms with Crippen LogP contribution in [0.5, 0.6) is 0 Å². The average Bonchev–Trinajstić information content (AvgIpc) is 2.57. The van der Waals surface area contributed by atoms with Gasteiger partial charge in [0.05, 0.1) is 11.4 Å². The van der Waals surface area contributed by atoms with Crippen molar-refractivity contribution >= 4 is 12.1 Å². The fraction of sp³-hybridized carbons (Fsp3) is 0. The van der Waals surface area contributed by atoms with Crippen LogP contribution < -0.4 is 17.0 Å². The van der Waals surface area contributed by atoms with Gasteiger partial charge in [-0.15, -0.1) is 0 Å². The van der Waals surface area contributed by atoms with E-state index < -0.39 is 11.2 Å². The van der Waals surface area contributed by atoms with E-state index in [2.05, 4.69) is 0 Å². The molecular weight excluding hydrogens is 294 g/mol. The van der Waals surface area contributed by atoms with Gasteiger partial charge in [-0.05, 0) is 24.3 Å². The van der Waals surface area contributed by atoms with E-state index in [4.69, 9.17) is 5.73 Å². The summed E-state index contributed by atoms with van der Waals surface area (Å²) in [5.41, 5.74) is 5.12. The first kappa shape index (κ1) is 14.5. The molecule has 0 aliphatic carbocycles. The second kappa shape index (κ2) is 5.76. The molecule has 0 atom stereocenters. The van der Waals surface area contributed by atoms with Gasteiger partial charge in [0.25, 0.3) is 5.56 Å². The molecule has 0 saturated heterocycles. The Bertz CT molecular complexity index is 974. The Morgan fingerprint density at radius 1 is 0.783 bits per heavy atom. The molecule has 23 heavy (non-hydrogen) atoms. The van der Waals surface area contributed by atoms with Gasteiger partial charge >= 0.3 is 5.69 Å². The summed E-state index contributed by atoms with van der Waals surface area (Å²) >= 11 is 0. The molecule has 0 fully saturated rings. The maximum atomic E-state index is 12.8. The largest absolute Gasteiger partial charge is 0.384 e. The second-order valence-electron chi connectivity index (χ2n) is 4.85. The van der Waals surface area contributed by atoms with Crippen LogP contribution >= 0.6 is 0 Å². The van der Waals surface area contributed by atoms with Crippen molar-refractivity contribution in [1.29, 1.82) is 0 Å². The lowest BCUT2D eigenvalue weighted by molar-refractivity contribution is 0.112. The second-order valence-corrected chi connectivity index (χ2v) is 4.85. The molecule has 6 heteroatoms. The summed E-state index contributed by atoms with van der Waals surface area (Å²) in [6.45, 7) is 0. The van der Waals surface area contributed by atoms with E-state index >= 15 is 0 Å². The van der Waals surface area contributed by atoms with Crippen LogP contribution in [0.1, 0.15) is 10.4 Å². The Morgan fingerprint density at radius 2 is 1.26 bits per heavy atom. The maximum absolute atomic E-state index is 12.8. The van der Waals surface area contributed by atoms with E-state index in [0.29, 0.717) is 17.7 Å². The maximum Gasteiger partial charge on any atom is 0.341 e. The number of carbonyl (C=O) groups is 1. The van der Waals surface area contributed by atoms with Crippen LogP contribution in [0, 0.1) is 0 Å². The van der Waals surface area contributed by atoms with Gasteiger partial charge in [0.15, 0.2) is 6.29 Å². The van der Waals surface area contributed by atoms with Crippen molar-refractivity contribution in [3.05, 3.63) is 87.1 Å². The van der Waals surface area contributed by atoms with E-state index in [0.717, 1.165) is 9.13 Å². The molecule has 3 aromatic rings. The number of rotatable bonds is 3. The number of para-hydroxylation sites is 2. The SMILES string of the molecule is Nc1c(C=O)c(=O)n(-c2ccccc2)c(=O)n1-c1ccccc1. The van der Waals surface area contributed by atoms with E-state index in [9.17, 15) is 14.4 Å². The Labute approximate surface area is 131 Å². The Balaban J connectivity index is 2.46. The van der Waals surface area contributed by atoms with E-state index in [-0.39, 0.29) is 11.4 Å². The average molecular weight is 307 g/mol. The summed E-state index contributed by atoms with van der Waals surface area (Å²) in [5.74, 6) is -0.173. The van der Waals surface area contributed by atoms with E-state index in [1.807, 2.05) is 0 Å². The molecule has 0 aliphatic heterocycles. The number of aromatic nitrogens is 2. The minimum absolute atomic E-state index is 0.173. The lowest BCUT2D eigenvalue weighted by Gasteiger charge is -2.14. The fourth-order valence-corrected chi connectivity index (χ4v) is 2.38. The third kappa shape index (κ3) is 2.36. The quantitative estimate of drug-likeness (QED) is 0.741. The van der Waals surface area contributed by atoms with Crippen LogP contribution in [-0.2, 0) is 0 Å². The smallest absolute Gasteiger partial charge is 0.341 e. The summed E-state index contributed by atoms with van der Waals surface area (Å²) in [6.07, 6.45) is 0.371. The highest BCUT2D eigenvalue weighted by Crippen LogP contribution is 2.12. The molecule has 1 aromatic heterocycles. The summed E-state index contributed by atoms with van der Waals surface area (Å²) in [5, 5.41) is 0. The van der Waals surface area contributed by atoms with Gasteiger partial charge in [0.1, 0.15) is 11.4 Å². The molecule has 0 radical (unpaired) electrons. The van der Waals surface area contributed by atoms with Crippen LogP contribution in [0.3, 0.4) is 0 Å². The lowest BCUT2D eigenvalue weighted by atomic mass is 10.2. The number of hydrogen-bond donors (Lipinski definition) is 1. The number of hydrogen-bond acceptors (Lipinski definition) is 4. The Morgan fingerprint density at radius 3 is 1.74 bits per heavy atom. The highest BCUT2D eigenvalue weighted by atomic mass is 16.2. The van der Waals surface area contributed by atoms with E-state index in [1.165, 1.54) is 0 Å². The molecule has 0 bridgehead atoms. The molecule has 3 rings (SSSR count). The molecule has 114 valence electrons. The molecule has 0 amide bonds. The molecule has 1 heterocycles. The minimum atomic E-state index is -0.735. The van der Waals surface area contributed by atoms with E-state index in [1.54, 1.807) is 60.7 Å². The molecule has 0 saturated carbocycles. The third-order valence-electron chi connectivity index (χ3n) is 3.48. The van der Waals surface area contributed by atoms with Gasteiger partial charge in [0, 0.05) is 0 Å². The number of anilines is 1. The molecule has 0 unspecified atom stereocenters. The van der Waals surface area contributed by atoms with Crippen molar-refractivity contribution in [2.45, 2.75) is 0 Å². The summed E-state index contributed by atoms with van der Waals surface area (Å²) in [4.78, 5) is 36.6. The minimum Gasteiger partial charge on any atom is -0.384 e. The van der Waals surface area contributed by atoms with Gasteiger partial charge in [-0.3, -0.25) is 9.59 Å². The first-order chi connectivity index (χ1) is 11.1. The van der Waals surface area contributed by atoms with Crippen molar-refractivity contribution < 1.29 is 4.79 Å². The zero-order valence-electron chi connectivity index (χ0n) is 12.0. The molecule has 2 aromatic carbocycles. The van der Waals surface area contributed by atoms with Crippen LogP contribution in [0.15, 0.2) is 70.3 Å². The van der Waals surface area contributed by atoms with Gasteiger partial charge in [-0.1, -0.05) is 36.4 Å². The number of nitrogen functional groups attached to an aromatic ring is 1. The van der Waals surface area contributed by atoms with Crippen molar-refractivity contribution in [3.8, 4) is 11.4 Å². The predicted octanol–water partition coefficient (Wildman–Crippen LogP) is 1.38. The molecule has 2 N–H and O–H groups in total. The Hall–Kier alpha value is -3.41. The first-order valence-corrected chi connectivity index (χ1v) is 6.88. The molecular formula is C17H13N3O3. The van der Waals surface area contributed by atoms with Crippen LogP contribution in [0.4, 0.5) is 5.82 Å². The van der Waals surface area contributed by atoms with Crippen molar-refractivity contribution in [3.63, 3.8) is 0 Å². The molecule has 0 spiro atoms. The Kier molecular flexibility index (Phi) is 3.64. The number of nitrogens with two attached hydrogens (primary N) is 1. The van der Waals surface area contributed by atoms with Crippen molar-refractivity contribution in [1.82, 2.24) is 9.13 Å². The van der Waals surface area contributed by atoms with Crippen LogP contribution in [0.2, 0.25) is 0 Å². The van der Waals surface area contributed by atoms with Crippen molar-refractivity contribution in [2.24, 2.45) is 0 Å². The lowest BCUT2D eigenvalue weighted by Crippen LogP contribution is -2.41. The third-order valence-corrected chi connectivity index (χ3v) is 3.48. The number of benzene rings is 2. The van der Waals surface area contributed by atoms with Crippen LogP contribution in [-0.4, -0.2) is 15.4 Å². The highest BCUT2D eigenvalue weighted by molar-refractivity contribution is 5.81. The van der Waals surface area contributed by atoms with Crippen molar-refractivity contribution in [2.75, 3.05) is 5.73 Å². The number of aldehydes is 1. The topological polar surface area (TPSA) is 87.1 Å². The summed E-state index contributed by atoms with van der Waals surface area (Å²) in [7, 11) is 0. The first-order valence-electron chi connectivity index (χ1n) is 6.88.